The number of aryl methyl sites for hydroxylation is 1. The summed E-state index contributed by atoms with van der Waals surface area (Å²) in [5, 5.41) is 0. The summed E-state index contributed by atoms with van der Waals surface area (Å²) in [6.45, 7) is 1.85. The molecule has 62 valence electrons. The van der Waals surface area contributed by atoms with Gasteiger partial charge in [-0.2, -0.15) is 4.39 Å². The molecule has 0 N–H and O–H groups in total. The topological polar surface area (TPSA) is 17.3 Å². The first-order valence-electron chi connectivity index (χ1n) is 3.49. The van der Waals surface area contributed by atoms with Gasteiger partial charge in [0.1, 0.15) is 0 Å². The Morgan fingerprint density at radius 2 is 2.25 bits per heavy atom. The van der Waals surface area contributed by atoms with Crippen LogP contribution in [-0.4, -0.2) is 9.38 Å². The van der Waals surface area contributed by atoms with Crippen LogP contribution in [0.4, 0.5) is 4.39 Å². The normalized spacial score (nSPS) is 10.9. The molecule has 2 aromatic rings. The maximum Gasteiger partial charge on any atom is 0.200 e. The Bertz CT molecular complexity index is 436. The van der Waals surface area contributed by atoms with E-state index >= 15 is 0 Å². The van der Waals surface area contributed by atoms with Gasteiger partial charge in [0.15, 0.2) is 10.7 Å². The fourth-order valence-corrected chi connectivity index (χ4v) is 1.82. The highest BCUT2D eigenvalue weighted by Gasteiger charge is 2.07. The summed E-state index contributed by atoms with van der Waals surface area (Å²) in [4.78, 5) is 4.09. The molecule has 0 spiro atoms. The summed E-state index contributed by atoms with van der Waals surface area (Å²) in [5.41, 5.74) is 1.61. The summed E-state index contributed by atoms with van der Waals surface area (Å²) >= 11 is 3.18. The quantitative estimate of drug-likeness (QED) is 0.634. The highest BCUT2D eigenvalue weighted by molar-refractivity contribution is 9.10. The zero-order chi connectivity index (χ0) is 8.72. The second-order valence-corrected chi connectivity index (χ2v) is 3.24. The molecule has 0 atom stereocenters. The molecule has 0 fully saturated rings. The minimum absolute atomic E-state index is 0.306. The largest absolute Gasteiger partial charge is 0.263 e. The van der Waals surface area contributed by atoms with Gasteiger partial charge in [0.05, 0.1) is 11.2 Å². The molecule has 2 rings (SSSR count). The maximum atomic E-state index is 13.2. The minimum Gasteiger partial charge on any atom is -0.263 e. The minimum atomic E-state index is -0.306. The molecule has 4 heteroatoms. The highest BCUT2D eigenvalue weighted by Crippen LogP contribution is 2.17. The third kappa shape index (κ3) is 0.948. The number of pyridine rings is 1. The van der Waals surface area contributed by atoms with E-state index in [0.717, 1.165) is 11.2 Å². The molecule has 0 unspecified atom stereocenters. The van der Waals surface area contributed by atoms with Crippen LogP contribution in [0, 0.1) is 12.9 Å². The van der Waals surface area contributed by atoms with E-state index in [1.807, 2.05) is 13.0 Å². The molecule has 0 amide bonds. The fraction of sp³-hybridized carbons (Fsp3) is 0.125. The van der Waals surface area contributed by atoms with Crippen LogP contribution < -0.4 is 0 Å². The average Bonchev–Trinajstić information content (AvgIpc) is 2.29. The summed E-state index contributed by atoms with van der Waals surface area (Å²) < 4.78 is 15.1. The van der Waals surface area contributed by atoms with Crippen molar-refractivity contribution in [2.45, 2.75) is 6.92 Å². The third-order valence-corrected chi connectivity index (χ3v) is 2.29. The molecule has 0 bridgehead atoms. The van der Waals surface area contributed by atoms with E-state index in [-0.39, 0.29) is 5.95 Å². The predicted octanol–water partition coefficient (Wildman–Crippen LogP) is 2.54. The van der Waals surface area contributed by atoms with E-state index < -0.39 is 0 Å². The first-order valence-corrected chi connectivity index (χ1v) is 4.28. The lowest BCUT2D eigenvalue weighted by atomic mass is 10.3. The number of hydrogen-bond acceptors (Lipinski definition) is 1. The first-order chi connectivity index (χ1) is 5.70. The Kier molecular flexibility index (Phi) is 1.65. The highest BCUT2D eigenvalue weighted by atomic mass is 79.9. The van der Waals surface area contributed by atoms with Crippen molar-refractivity contribution < 1.29 is 4.39 Å². The Balaban J connectivity index is 2.99. The van der Waals surface area contributed by atoms with E-state index in [1.165, 1.54) is 10.5 Å². The fourth-order valence-electron chi connectivity index (χ4n) is 1.20. The number of hydrogen-bond donors (Lipinski definition) is 0. The van der Waals surface area contributed by atoms with Crippen molar-refractivity contribution >= 4 is 21.4 Å². The Morgan fingerprint density at radius 1 is 1.50 bits per heavy atom. The smallest absolute Gasteiger partial charge is 0.200 e. The van der Waals surface area contributed by atoms with Crippen LogP contribution in [0.25, 0.3) is 5.52 Å². The van der Waals surface area contributed by atoms with E-state index in [2.05, 4.69) is 20.9 Å². The van der Waals surface area contributed by atoms with Crippen LogP contribution in [0.3, 0.4) is 0 Å². The third-order valence-electron chi connectivity index (χ3n) is 1.76. The second-order valence-electron chi connectivity index (χ2n) is 2.54. The number of nitrogens with zero attached hydrogens (tertiary/aromatic N) is 2. The molecule has 0 aliphatic heterocycles. The zero-order valence-electron chi connectivity index (χ0n) is 6.38. The summed E-state index contributed by atoms with van der Waals surface area (Å²) in [7, 11) is 0. The molecular weight excluding hydrogens is 223 g/mol. The van der Waals surface area contributed by atoms with Crippen LogP contribution in [0.5, 0.6) is 0 Å². The summed E-state index contributed by atoms with van der Waals surface area (Å²) in [6.07, 6.45) is 0. The number of rotatable bonds is 0. The number of aromatic nitrogens is 2. The number of imidazole rings is 1. The molecule has 0 saturated carbocycles. The SMILES string of the molecule is Cc1nc(Br)n2c(F)cccc12. The van der Waals surface area contributed by atoms with Crippen molar-refractivity contribution in [2.24, 2.45) is 0 Å². The van der Waals surface area contributed by atoms with Gasteiger partial charge < -0.3 is 0 Å². The molecule has 2 nitrogen and oxygen atoms in total. The van der Waals surface area contributed by atoms with Crippen molar-refractivity contribution in [1.29, 1.82) is 0 Å². The van der Waals surface area contributed by atoms with Crippen LogP contribution in [0.1, 0.15) is 5.69 Å². The van der Waals surface area contributed by atoms with E-state index in [4.69, 9.17) is 0 Å². The van der Waals surface area contributed by atoms with Crippen molar-refractivity contribution in [3.8, 4) is 0 Å². The first kappa shape index (κ1) is 7.73. The Hall–Kier alpha value is -0.900. The van der Waals surface area contributed by atoms with Gasteiger partial charge in [-0.3, -0.25) is 4.40 Å². The maximum absolute atomic E-state index is 13.2. The van der Waals surface area contributed by atoms with Gasteiger partial charge in [-0.15, -0.1) is 0 Å². The van der Waals surface area contributed by atoms with Crippen molar-refractivity contribution in [3.05, 3.63) is 34.6 Å². The molecule has 2 heterocycles. The molecule has 0 radical (unpaired) electrons. The standard InChI is InChI=1S/C8H6BrFN2/c1-5-6-3-2-4-7(10)12(6)8(9)11-5/h2-4H,1H3. The lowest BCUT2D eigenvalue weighted by Gasteiger charge is -1.95. The van der Waals surface area contributed by atoms with Gasteiger partial charge in [-0.1, -0.05) is 6.07 Å². The lowest BCUT2D eigenvalue weighted by Crippen LogP contribution is -1.90. The van der Waals surface area contributed by atoms with Crippen LogP contribution in [-0.2, 0) is 0 Å². The van der Waals surface area contributed by atoms with Crippen LogP contribution in [0.2, 0.25) is 0 Å². The summed E-state index contributed by atoms with van der Waals surface area (Å²) in [5.74, 6) is -0.306. The molecule has 12 heavy (non-hydrogen) atoms. The Labute approximate surface area is 77.2 Å². The van der Waals surface area contributed by atoms with Gasteiger partial charge in [0.25, 0.3) is 0 Å². The molecule has 0 aliphatic rings. The van der Waals surface area contributed by atoms with Gasteiger partial charge in [-0.05, 0) is 35.0 Å². The number of halogens is 2. The summed E-state index contributed by atoms with van der Waals surface area (Å²) in [6, 6.07) is 4.90. The Morgan fingerprint density at radius 3 is 2.92 bits per heavy atom. The van der Waals surface area contributed by atoms with Gasteiger partial charge in [0, 0.05) is 0 Å². The monoisotopic (exact) mass is 228 g/mol. The molecule has 0 saturated heterocycles. The zero-order valence-corrected chi connectivity index (χ0v) is 7.97. The van der Waals surface area contributed by atoms with Crippen molar-refractivity contribution in [2.75, 3.05) is 0 Å². The van der Waals surface area contributed by atoms with Crippen molar-refractivity contribution in [3.63, 3.8) is 0 Å². The van der Waals surface area contributed by atoms with Gasteiger partial charge in [0.2, 0.25) is 0 Å². The molecule has 2 aromatic heterocycles. The molecule has 0 aromatic carbocycles. The van der Waals surface area contributed by atoms with Gasteiger partial charge in [-0.25, -0.2) is 4.98 Å². The molecular formula is C8H6BrFN2. The predicted molar refractivity (Wildman–Crippen MR) is 47.6 cm³/mol. The van der Waals surface area contributed by atoms with E-state index in [0.29, 0.717) is 4.73 Å². The number of fused-ring (bicyclic) bond motifs is 1. The van der Waals surface area contributed by atoms with Crippen LogP contribution >= 0.6 is 15.9 Å². The van der Waals surface area contributed by atoms with E-state index in [9.17, 15) is 4.39 Å². The van der Waals surface area contributed by atoms with Gasteiger partial charge >= 0.3 is 0 Å². The second kappa shape index (κ2) is 2.55. The molecule has 0 aliphatic carbocycles. The van der Waals surface area contributed by atoms with E-state index in [1.54, 1.807) is 6.07 Å². The average molecular weight is 229 g/mol. The van der Waals surface area contributed by atoms with Crippen LogP contribution in [0.15, 0.2) is 22.9 Å². The van der Waals surface area contributed by atoms with Crippen molar-refractivity contribution in [1.82, 2.24) is 9.38 Å². The lowest BCUT2D eigenvalue weighted by molar-refractivity contribution is 0.563.